The minimum atomic E-state index is 0.411. The van der Waals surface area contributed by atoms with Crippen LogP contribution in [0.1, 0.15) is 12.1 Å². The van der Waals surface area contributed by atoms with E-state index in [2.05, 4.69) is 15.3 Å². The molecule has 0 radical (unpaired) electrons. The summed E-state index contributed by atoms with van der Waals surface area (Å²) in [5.74, 6) is 0.892. The van der Waals surface area contributed by atoms with Crippen LogP contribution in [0.5, 0.6) is 0 Å². The van der Waals surface area contributed by atoms with Crippen LogP contribution in [0.25, 0.3) is 0 Å². The van der Waals surface area contributed by atoms with E-state index in [4.69, 9.17) is 4.74 Å². The number of aromatic nitrogens is 2. The van der Waals surface area contributed by atoms with Gasteiger partial charge in [0, 0.05) is 18.4 Å². The van der Waals surface area contributed by atoms with E-state index in [0.717, 1.165) is 31.1 Å². The number of ether oxygens (including phenoxy) is 1. The van der Waals surface area contributed by atoms with E-state index in [9.17, 15) is 0 Å². The molecule has 1 aromatic rings. The predicted octanol–water partition coefficient (Wildman–Crippen LogP) is 0.986. The van der Waals surface area contributed by atoms with Crippen LogP contribution in [-0.4, -0.2) is 29.2 Å². The predicted molar refractivity (Wildman–Crippen MR) is 49.6 cm³/mol. The fourth-order valence-electron chi connectivity index (χ4n) is 1.39. The van der Waals surface area contributed by atoms with Gasteiger partial charge in [0.2, 0.25) is 0 Å². The molecule has 0 unspecified atom stereocenters. The summed E-state index contributed by atoms with van der Waals surface area (Å²) < 4.78 is 5.25. The molecule has 0 aliphatic carbocycles. The first-order valence-corrected chi connectivity index (χ1v) is 4.47. The maximum absolute atomic E-state index is 5.25. The Labute approximate surface area is 77.4 Å². The minimum absolute atomic E-state index is 0.411. The van der Waals surface area contributed by atoms with Gasteiger partial charge < -0.3 is 10.1 Å². The average molecular weight is 179 g/mol. The largest absolute Gasteiger partial charge is 0.379 e. The molecule has 1 saturated heterocycles. The van der Waals surface area contributed by atoms with E-state index < -0.39 is 0 Å². The van der Waals surface area contributed by atoms with Gasteiger partial charge in [-0.2, -0.15) is 0 Å². The highest BCUT2D eigenvalue weighted by atomic mass is 16.5. The molecule has 1 aliphatic rings. The maximum Gasteiger partial charge on any atom is 0.129 e. The molecule has 2 heterocycles. The summed E-state index contributed by atoms with van der Waals surface area (Å²) in [7, 11) is 0. The number of anilines is 1. The number of aryl methyl sites for hydroxylation is 1. The Balaban J connectivity index is 2.00. The third-order valence-electron chi connectivity index (χ3n) is 2.09. The quantitative estimate of drug-likeness (QED) is 0.735. The molecule has 13 heavy (non-hydrogen) atoms. The molecule has 1 aliphatic heterocycles. The Morgan fingerprint density at radius 1 is 1.54 bits per heavy atom. The number of rotatable bonds is 2. The zero-order valence-corrected chi connectivity index (χ0v) is 7.66. The Morgan fingerprint density at radius 3 is 3.15 bits per heavy atom. The monoisotopic (exact) mass is 179 g/mol. The van der Waals surface area contributed by atoms with Crippen molar-refractivity contribution in [3.8, 4) is 0 Å². The molecule has 1 atom stereocenters. The molecular weight excluding hydrogens is 166 g/mol. The van der Waals surface area contributed by atoms with Crippen LogP contribution in [0.3, 0.4) is 0 Å². The lowest BCUT2D eigenvalue weighted by Crippen LogP contribution is -2.19. The van der Waals surface area contributed by atoms with E-state index in [-0.39, 0.29) is 0 Å². The smallest absolute Gasteiger partial charge is 0.129 e. The second-order valence-electron chi connectivity index (χ2n) is 3.25. The molecule has 1 aromatic heterocycles. The van der Waals surface area contributed by atoms with Crippen LogP contribution in [0, 0.1) is 6.92 Å². The highest BCUT2D eigenvalue weighted by molar-refractivity contribution is 5.35. The second kappa shape index (κ2) is 3.70. The molecular formula is C9H13N3O. The van der Waals surface area contributed by atoms with Crippen LogP contribution in [0.4, 0.5) is 5.82 Å². The molecule has 0 spiro atoms. The molecule has 0 bridgehead atoms. The van der Waals surface area contributed by atoms with Crippen molar-refractivity contribution in [2.24, 2.45) is 0 Å². The van der Waals surface area contributed by atoms with Gasteiger partial charge in [-0.1, -0.05) is 0 Å². The number of hydrogen-bond donors (Lipinski definition) is 1. The van der Waals surface area contributed by atoms with Gasteiger partial charge in [0.05, 0.1) is 12.6 Å². The fourth-order valence-corrected chi connectivity index (χ4v) is 1.39. The SMILES string of the molecule is Cc1cc(N[C@@H]2CCOC2)ncn1. The van der Waals surface area contributed by atoms with E-state index in [1.54, 1.807) is 6.33 Å². The van der Waals surface area contributed by atoms with E-state index >= 15 is 0 Å². The zero-order chi connectivity index (χ0) is 9.10. The van der Waals surface area contributed by atoms with Crippen molar-refractivity contribution in [2.45, 2.75) is 19.4 Å². The van der Waals surface area contributed by atoms with E-state index in [1.165, 1.54) is 0 Å². The first-order chi connectivity index (χ1) is 6.34. The molecule has 1 fully saturated rings. The Morgan fingerprint density at radius 2 is 2.46 bits per heavy atom. The molecule has 0 amide bonds. The van der Waals surface area contributed by atoms with E-state index in [1.807, 2.05) is 13.0 Å². The normalized spacial score (nSPS) is 21.8. The molecule has 4 heteroatoms. The molecule has 4 nitrogen and oxygen atoms in total. The summed E-state index contributed by atoms with van der Waals surface area (Å²) >= 11 is 0. The topological polar surface area (TPSA) is 47.0 Å². The highest BCUT2D eigenvalue weighted by Crippen LogP contribution is 2.11. The zero-order valence-electron chi connectivity index (χ0n) is 7.66. The molecule has 2 rings (SSSR count). The first-order valence-electron chi connectivity index (χ1n) is 4.47. The van der Waals surface area contributed by atoms with Gasteiger partial charge in [-0.15, -0.1) is 0 Å². The summed E-state index contributed by atoms with van der Waals surface area (Å²) in [6.45, 7) is 3.59. The highest BCUT2D eigenvalue weighted by Gasteiger charge is 2.15. The number of nitrogens with one attached hydrogen (secondary N) is 1. The average Bonchev–Trinajstić information content (AvgIpc) is 2.57. The minimum Gasteiger partial charge on any atom is -0.379 e. The van der Waals surface area contributed by atoms with Gasteiger partial charge in [0.25, 0.3) is 0 Å². The van der Waals surface area contributed by atoms with Crippen molar-refractivity contribution in [1.82, 2.24) is 9.97 Å². The van der Waals surface area contributed by atoms with Crippen LogP contribution >= 0.6 is 0 Å². The molecule has 0 aromatic carbocycles. The number of hydrogen-bond acceptors (Lipinski definition) is 4. The second-order valence-corrected chi connectivity index (χ2v) is 3.25. The maximum atomic E-state index is 5.25. The van der Waals surface area contributed by atoms with Crippen molar-refractivity contribution in [3.05, 3.63) is 18.1 Å². The lowest BCUT2D eigenvalue weighted by Gasteiger charge is -2.10. The Hall–Kier alpha value is -1.16. The number of nitrogens with zero attached hydrogens (tertiary/aromatic N) is 2. The third kappa shape index (κ3) is 2.15. The lowest BCUT2D eigenvalue weighted by atomic mass is 10.2. The third-order valence-corrected chi connectivity index (χ3v) is 2.09. The molecule has 0 saturated carbocycles. The van der Waals surface area contributed by atoms with Gasteiger partial charge in [-0.05, 0) is 13.3 Å². The van der Waals surface area contributed by atoms with Gasteiger partial charge in [-0.3, -0.25) is 0 Å². The van der Waals surface area contributed by atoms with Crippen LogP contribution in [0.2, 0.25) is 0 Å². The summed E-state index contributed by atoms with van der Waals surface area (Å²) in [6.07, 6.45) is 2.64. The van der Waals surface area contributed by atoms with Crippen molar-refractivity contribution in [2.75, 3.05) is 18.5 Å². The Bertz CT molecular complexity index is 284. The van der Waals surface area contributed by atoms with E-state index in [0.29, 0.717) is 6.04 Å². The summed E-state index contributed by atoms with van der Waals surface area (Å²) in [4.78, 5) is 8.16. The summed E-state index contributed by atoms with van der Waals surface area (Å²) in [5, 5.41) is 3.31. The van der Waals surface area contributed by atoms with Crippen molar-refractivity contribution < 1.29 is 4.74 Å². The van der Waals surface area contributed by atoms with Gasteiger partial charge in [0.1, 0.15) is 12.1 Å². The first kappa shape index (κ1) is 8.44. The van der Waals surface area contributed by atoms with Gasteiger partial charge in [-0.25, -0.2) is 9.97 Å². The van der Waals surface area contributed by atoms with Gasteiger partial charge in [0.15, 0.2) is 0 Å². The summed E-state index contributed by atoms with van der Waals surface area (Å²) in [6, 6.07) is 2.35. The van der Waals surface area contributed by atoms with Crippen LogP contribution in [-0.2, 0) is 4.74 Å². The summed E-state index contributed by atoms with van der Waals surface area (Å²) in [5.41, 5.74) is 0.983. The van der Waals surface area contributed by atoms with Crippen LogP contribution < -0.4 is 5.32 Å². The lowest BCUT2D eigenvalue weighted by molar-refractivity contribution is 0.195. The van der Waals surface area contributed by atoms with Crippen molar-refractivity contribution >= 4 is 5.82 Å². The standard InChI is InChI=1S/C9H13N3O/c1-7-4-9(11-6-10-7)12-8-2-3-13-5-8/h4,6,8H,2-3,5H2,1H3,(H,10,11,12)/t8-/m1/s1. The van der Waals surface area contributed by atoms with Crippen molar-refractivity contribution in [3.63, 3.8) is 0 Å². The fraction of sp³-hybridized carbons (Fsp3) is 0.556. The van der Waals surface area contributed by atoms with Gasteiger partial charge >= 0.3 is 0 Å². The molecule has 70 valence electrons. The Kier molecular flexibility index (Phi) is 2.40. The molecule has 1 N–H and O–H groups in total. The van der Waals surface area contributed by atoms with Crippen LogP contribution in [0.15, 0.2) is 12.4 Å². The van der Waals surface area contributed by atoms with Crippen molar-refractivity contribution in [1.29, 1.82) is 0 Å².